The molecule has 0 aliphatic carbocycles. The molecule has 0 aromatic carbocycles. The second-order valence-electron chi connectivity index (χ2n) is 5.39. The van der Waals surface area contributed by atoms with Gasteiger partial charge in [0.15, 0.2) is 8.32 Å². The van der Waals surface area contributed by atoms with Crippen LogP contribution in [0.4, 0.5) is 0 Å². The minimum Gasteiger partial charge on any atom is -0.418 e. The first-order chi connectivity index (χ1) is 7.80. The van der Waals surface area contributed by atoms with Crippen LogP contribution >= 0.6 is 21.8 Å². The Hall–Kier alpha value is 0.837. The summed E-state index contributed by atoms with van der Waals surface area (Å²) < 4.78 is 8.29. The molecule has 0 rings (SSSR count). The van der Waals surface area contributed by atoms with Gasteiger partial charge in [0.05, 0.1) is 0 Å². The SMILES string of the molecule is CCO[Si](C)(C)CCSSN(C(C)C)C(C)C. The summed E-state index contributed by atoms with van der Waals surface area (Å²) in [5.74, 6) is 1.19. The lowest BCUT2D eigenvalue weighted by molar-refractivity contribution is 0.330. The molecule has 0 aromatic rings. The van der Waals surface area contributed by atoms with Gasteiger partial charge in [-0.15, -0.1) is 0 Å². The van der Waals surface area contributed by atoms with Gasteiger partial charge in [0.25, 0.3) is 0 Å². The van der Waals surface area contributed by atoms with Crippen molar-refractivity contribution < 1.29 is 4.43 Å². The number of hydrogen-bond acceptors (Lipinski definition) is 4. The highest BCUT2D eigenvalue weighted by Crippen LogP contribution is 2.32. The molecule has 0 radical (unpaired) electrons. The molecule has 0 unspecified atom stereocenters. The van der Waals surface area contributed by atoms with E-state index in [-0.39, 0.29) is 0 Å². The van der Waals surface area contributed by atoms with Crippen molar-refractivity contribution in [1.29, 1.82) is 0 Å². The van der Waals surface area contributed by atoms with Crippen molar-refractivity contribution in [3.63, 3.8) is 0 Å². The molecule has 0 fully saturated rings. The Bertz CT molecular complexity index is 193. The molecular formula is C12H29NOS2Si. The minimum absolute atomic E-state index is 0.602. The lowest BCUT2D eigenvalue weighted by atomic mass is 10.3. The maximum absolute atomic E-state index is 5.83. The van der Waals surface area contributed by atoms with E-state index in [9.17, 15) is 0 Å². The smallest absolute Gasteiger partial charge is 0.187 e. The van der Waals surface area contributed by atoms with E-state index in [4.69, 9.17) is 4.43 Å². The average molecular weight is 296 g/mol. The largest absolute Gasteiger partial charge is 0.418 e. The van der Waals surface area contributed by atoms with Gasteiger partial charge in [-0.25, -0.2) is 4.31 Å². The van der Waals surface area contributed by atoms with Crippen molar-refractivity contribution >= 4 is 30.1 Å². The summed E-state index contributed by atoms with van der Waals surface area (Å²) in [5, 5.41) is 0. The van der Waals surface area contributed by atoms with Crippen LogP contribution in [0.15, 0.2) is 0 Å². The fourth-order valence-corrected chi connectivity index (χ4v) is 7.75. The van der Waals surface area contributed by atoms with Crippen molar-refractivity contribution in [2.24, 2.45) is 0 Å². The third-order valence-corrected chi connectivity index (χ3v) is 8.19. The zero-order valence-electron chi connectivity index (χ0n) is 12.4. The molecule has 0 bridgehead atoms. The van der Waals surface area contributed by atoms with Crippen LogP contribution in [0.3, 0.4) is 0 Å². The lowest BCUT2D eigenvalue weighted by Crippen LogP contribution is -2.31. The molecule has 0 amide bonds. The number of rotatable bonds is 9. The summed E-state index contributed by atoms with van der Waals surface area (Å²) in [6.07, 6.45) is 0. The van der Waals surface area contributed by atoms with Crippen LogP contribution in [0.2, 0.25) is 19.1 Å². The zero-order valence-corrected chi connectivity index (χ0v) is 15.1. The Morgan fingerprint density at radius 2 is 1.65 bits per heavy atom. The molecule has 5 heteroatoms. The molecule has 0 heterocycles. The maximum Gasteiger partial charge on any atom is 0.187 e. The van der Waals surface area contributed by atoms with Gasteiger partial charge in [-0.2, -0.15) is 0 Å². The molecule has 0 N–H and O–H groups in total. The predicted octanol–water partition coefficient (Wildman–Crippen LogP) is 4.64. The molecule has 104 valence electrons. The van der Waals surface area contributed by atoms with Crippen LogP contribution in [0, 0.1) is 0 Å². The highest BCUT2D eigenvalue weighted by Gasteiger charge is 2.22. The van der Waals surface area contributed by atoms with Gasteiger partial charge in [-0.05, 0) is 64.7 Å². The monoisotopic (exact) mass is 295 g/mol. The molecule has 0 aliphatic heterocycles. The van der Waals surface area contributed by atoms with Crippen molar-refractivity contribution in [2.75, 3.05) is 12.4 Å². The predicted molar refractivity (Wildman–Crippen MR) is 86.1 cm³/mol. The van der Waals surface area contributed by atoms with Crippen LogP contribution in [0.1, 0.15) is 34.6 Å². The third kappa shape index (κ3) is 8.54. The van der Waals surface area contributed by atoms with E-state index in [2.05, 4.69) is 52.0 Å². The summed E-state index contributed by atoms with van der Waals surface area (Å²) in [6, 6.07) is 2.44. The first-order valence-corrected chi connectivity index (χ1v) is 11.9. The summed E-state index contributed by atoms with van der Waals surface area (Å²) in [7, 11) is 2.50. The zero-order chi connectivity index (χ0) is 13.5. The first kappa shape index (κ1) is 17.8. The highest BCUT2D eigenvalue weighted by atomic mass is 33.1. The molecule has 2 nitrogen and oxygen atoms in total. The van der Waals surface area contributed by atoms with Gasteiger partial charge in [-0.1, -0.05) is 10.8 Å². The number of hydrogen-bond donors (Lipinski definition) is 0. The Labute approximate surface area is 117 Å². The molecule has 0 saturated carbocycles. The third-order valence-electron chi connectivity index (χ3n) is 2.48. The van der Waals surface area contributed by atoms with E-state index in [1.54, 1.807) is 0 Å². The van der Waals surface area contributed by atoms with E-state index in [1.165, 1.54) is 11.8 Å². The summed E-state index contributed by atoms with van der Waals surface area (Å²) in [6.45, 7) is 16.6. The second-order valence-corrected chi connectivity index (χ2v) is 12.1. The van der Waals surface area contributed by atoms with Gasteiger partial charge in [0, 0.05) is 24.4 Å². The van der Waals surface area contributed by atoms with Gasteiger partial charge in [0.2, 0.25) is 0 Å². The van der Waals surface area contributed by atoms with Crippen molar-refractivity contribution in [2.45, 2.75) is 65.8 Å². The van der Waals surface area contributed by atoms with Gasteiger partial charge in [-0.3, -0.25) is 0 Å². The molecule has 0 spiro atoms. The van der Waals surface area contributed by atoms with Crippen molar-refractivity contribution in [1.82, 2.24) is 4.31 Å². The molecule has 0 aliphatic rings. The molecule has 0 aromatic heterocycles. The van der Waals surface area contributed by atoms with Crippen molar-refractivity contribution in [3.8, 4) is 0 Å². The van der Waals surface area contributed by atoms with Crippen LogP contribution in [-0.4, -0.2) is 37.1 Å². The average Bonchev–Trinajstić information content (AvgIpc) is 2.15. The molecule has 0 atom stereocenters. The van der Waals surface area contributed by atoms with E-state index in [0.717, 1.165) is 6.61 Å². The van der Waals surface area contributed by atoms with Crippen molar-refractivity contribution in [3.05, 3.63) is 0 Å². The van der Waals surface area contributed by atoms with Gasteiger partial charge in [0.1, 0.15) is 0 Å². The van der Waals surface area contributed by atoms with Crippen LogP contribution in [0.5, 0.6) is 0 Å². The van der Waals surface area contributed by atoms with Crippen LogP contribution < -0.4 is 0 Å². The highest BCUT2D eigenvalue weighted by molar-refractivity contribution is 8.75. The summed E-state index contributed by atoms with van der Waals surface area (Å²) in [4.78, 5) is 0. The topological polar surface area (TPSA) is 12.5 Å². The number of nitrogens with zero attached hydrogens (tertiary/aromatic N) is 1. The van der Waals surface area contributed by atoms with E-state index >= 15 is 0 Å². The minimum atomic E-state index is -1.38. The van der Waals surface area contributed by atoms with Crippen LogP contribution in [-0.2, 0) is 4.43 Å². The van der Waals surface area contributed by atoms with Gasteiger partial charge < -0.3 is 4.43 Å². The Kier molecular flexibility index (Phi) is 9.29. The molecule has 17 heavy (non-hydrogen) atoms. The standard InChI is InChI=1S/C12H29NOS2Si/c1-8-14-17(6,7)10-9-15-16-13(11(2)3)12(4)5/h11-12H,8-10H2,1-7H3. The first-order valence-electron chi connectivity index (χ1n) is 6.52. The quantitative estimate of drug-likeness (QED) is 0.266. The molecule has 0 saturated heterocycles. The Morgan fingerprint density at radius 1 is 1.12 bits per heavy atom. The summed E-state index contributed by atoms with van der Waals surface area (Å²) >= 11 is 0. The van der Waals surface area contributed by atoms with E-state index in [1.807, 2.05) is 21.8 Å². The van der Waals surface area contributed by atoms with E-state index in [0.29, 0.717) is 12.1 Å². The second kappa shape index (κ2) is 8.86. The van der Waals surface area contributed by atoms with Gasteiger partial charge >= 0.3 is 0 Å². The fraction of sp³-hybridized carbons (Fsp3) is 1.00. The fourth-order valence-electron chi connectivity index (χ4n) is 1.62. The Morgan fingerprint density at radius 3 is 2.06 bits per heavy atom. The summed E-state index contributed by atoms with van der Waals surface area (Å²) in [5.41, 5.74) is 0. The van der Waals surface area contributed by atoms with Crippen LogP contribution in [0.25, 0.3) is 0 Å². The maximum atomic E-state index is 5.83. The molecular weight excluding hydrogens is 266 g/mol. The normalized spacial score (nSPS) is 13.1. The Balaban J connectivity index is 3.83. The van der Waals surface area contributed by atoms with E-state index < -0.39 is 8.32 Å². The lowest BCUT2D eigenvalue weighted by Gasteiger charge is -2.28.